The van der Waals surface area contributed by atoms with Gasteiger partial charge >= 0.3 is 6.03 Å². The van der Waals surface area contributed by atoms with Crippen molar-refractivity contribution in [3.63, 3.8) is 0 Å². The molecule has 0 aliphatic heterocycles. The van der Waals surface area contributed by atoms with Gasteiger partial charge in [-0.05, 0) is 67.5 Å². The number of ether oxygens (including phenoxy) is 1. The number of amides is 3. The van der Waals surface area contributed by atoms with E-state index in [-0.39, 0.29) is 18.5 Å². The second-order valence-corrected chi connectivity index (χ2v) is 9.55. The average Bonchev–Trinajstić information content (AvgIpc) is 3.36. The Bertz CT molecular complexity index is 1070. The van der Waals surface area contributed by atoms with Crippen LogP contribution in [0.2, 0.25) is 0 Å². The Morgan fingerprint density at radius 3 is 2.43 bits per heavy atom. The first kappa shape index (κ1) is 26.4. The Morgan fingerprint density at radius 1 is 0.943 bits per heavy atom. The van der Waals surface area contributed by atoms with Gasteiger partial charge in [0.1, 0.15) is 6.54 Å². The molecule has 0 aliphatic rings. The number of urea groups is 1. The van der Waals surface area contributed by atoms with Crippen molar-refractivity contribution < 1.29 is 14.3 Å². The van der Waals surface area contributed by atoms with E-state index in [1.165, 1.54) is 0 Å². The summed E-state index contributed by atoms with van der Waals surface area (Å²) in [6.07, 6.45) is 0.658. The number of nitrogens with zero attached hydrogens (tertiary/aromatic N) is 2. The Hall–Kier alpha value is -3.16. The summed E-state index contributed by atoms with van der Waals surface area (Å²) in [7, 11) is 0. The van der Waals surface area contributed by atoms with E-state index >= 15 is 0 Å². The highest BCUT2D eigenvalue weighted by Gasteiger charge is 2.22. The molecule has 3 rings (SSSR count). The standard InChI is InChI=1S/C28H35N3O3S/c1-4-34-16-9-15-30(28(33)29-25-14-13-22(2)23(3)18-25)21-27(32)31(20-26-12-8-17-35-26)19-24-10-6-5-7-11-24/h5-8,10-14,17-18H,4,9,15-16,19-21H2,1-3H3,(H,29,33). The van der Waals surface area contributed by atoms with E-state index in [9.17, 15) is 9.59 Å². The predicted molar refractivity (Wildman–Crippen MR) is 143 cm³/mol. The first-order chi connectivity index (χ1) is 17.0. The zero-order valence-electron chi connectivity index (χ0n) is 20.8. The van der Waals surface area contributed by atoms with E-state index in [0.717, 1.165) is 27.3 Å². The van der Waals surface area contributed by atoms with Crippen LogP contribution in [0.15, 0.2) is 66.0 Å². The van der Waals surface area contributed by atoms with Gasteiger partial charge in [-0.1, -0.05) is 42.5 Å². The van der Waals surface area contributed by atoms with Crippen molar-refractivity contribution >= 4 is 29.0 Å². The maximum atomic E-state index is 13.5. The SMILES string of the molecule is CCOCCCN(CC(=O)N(Cc1ccccc1)Cc1cccs1)C(=O)Nc1ccc(C)c(C)c1. The quantitative estimate of drug-likeness (QED) is 0.322. The van der Waals surface area contributed by atoms with Gasteiger partial charge in [0, 0.05) is 36.9 Å². The summed E-state index contributed by atoms with van der Waals surface area (Å²) in [6, 6.07) is 19.5. The fraction of sp³-hybridized carbons (Fsp3) is 0.357. The first-order valence-corrected chi connectivity index (χ1v) is 12.9. The van der Waals surface area contributed by atoms with Gasteiger partial charge in [0.15, 0.2) is 0 Å². The molecule has 0 unspecified atom stereocenters. The first-order valence-electron chi connectivity index (χ1n) is 12.0. The van der Waals surface area contributed by atoms with Crippen LogP contribution in [-0.4, -0.2) is 48.0 Å². The van der Waals surface area contributed by atoms with Crippen molar-refractivity contribution in [1.82, 2.24) is 9.80 Å². The van der Waals surface area contributed by atoms with Crippen molar-refractivity contribution in [2.24, 2.45) is 0 Å². The molecule has 1 N–H and O–H groups in total. The lowest BCUT2D eigenvalue weighted by Crippen LogP contribution is -2.44. The summed E-state index contributed by atoms with van der Waals surface area (Å²) in [5.74, 6) is -0.0890. The van der Waals surface area contributed by atoms with Crippen LogP contribution >= 0.6 is 11.3 Å². The zero-order valence-corrected chi connectivity index (χ0v) is 21.6. The number of anilines is 1. The van der Waals surface area contributed by atoms with E-state index < -0.39 is 0 Å². The number of rotatable bonds is 12. The summed E-state index contributed by atoms with van der Waals surface area (Å²) < 4.78 is 5.46. The minimum absolute atomic E-state index is 0.00100. The molecule has 0 saturated heterocycles. The number of carbonyl (C=O) groups excluding carboxylic acids is 2. The molecule has 0 spiro atoms. The third-order valence-corrected chi connectivity index (χ3v) is 6.65. The molecule has 0 atom stereocenters. The van der Waals surface area contributed by atoms with Crippen molar-refractivity contribution in [3.05, 3.63) is 87.6 Å². The summed E-state index contributed by atoms with van der Waals surface area (Å²) in [5.41, 5.74) is 4.05. The molecule has 0 bridgehead atoms. The largest absolute Gasteiger partial charge is 0.382 e. The van der Waals surface area contributed by atoms with Crippen LogP contribution in [0.3, 0.4) is 0 Å². The van der Waals surface area contributed by atoms with Crippen LogP contribution in [0, 0.1) is 13.8 Å². The highest BCUT2D eigenvalue weighted by atomic mass is 32.1. The highest BCUT2D eigenvalue weighted by molar-refractivity contribution is 7.09. The lowest BCUT2D eigenvalue weighted by molar-refractivity contribution is -0.133. The van der Waals surface area contributed by atoms with Gasteiger partial charge in [-0.3, -0.25) is 4.79 Å². The van der Waals surface area contributed by atoms with Crippen molar-refractivity contribution in [1.29, 1.82) is 0 Å². The summed E-state index contributed by atoms with van der Waals surface area (Å²) >= 11 is 1.62. The molecule has 1 heterocycles. The number of nitrogens with one attached hydrogen (secondary N) is 1. The number of carbonyl (C=O) groups is 2. The maximum absolute atomic E-state index is 13.5. The van der Waals surface area contributed by atoms with Gasteiger partial charge in [-0.2, -0.15) is 0 Å². The number of benzene rings is 2. The molecule has 1 aromatic heterocycles. The van der Waals surface area contributed by atoms with E-state index in [4.69, 9.17) is 4.74 Å². The van der Waals surface area contributed by atoms with Gasteiger partial charge in [0.2, 0.25) is 5.91 Å². The van der Waals surface area contributed by atoms with E-state index in [1.54, 1.807) is 16.2 Å². The fourth-order valence-electron chi connectivity index (χ4n) is 3.67. The van der Waals surface area contributed by atoms with Crippen LogP contribution in [0.1, 0.15) is 34.9 Å². The molecule has 0 fully saturated rings. The van der Waals surface area contributed by atoms with Crippen molar-refractivity contribution in [2.75, 3.05) is 31.6 Å². The average molecular weight is 494 g/mol. The van der Waals surface area contributed by atoms with Crippen LogP contribution in [-0.2, 0) is 22.6 Å². The van der Waals surface area contributed by atoms with Gasteiger partial charge in [0.05, 0.1) is 6.54 Å². The third-order valence-electron chi connectivity index (χ3n) is 5.79. The molecule has 0 saturated carbocycles. The number of thiophene rings is 1. The number of hydrogen-bond acceptors (Lipinski definition) is 4. The molecule has 3 amide bonds. The van der Waals surface area contributed by atoms with Crippen LogP contribution < -0.4 is 5.32 Å². The molecule has 0 aliphatic carbocycles. The minimum Gasteiger partial charge on any atom is -0.382 e. The minimum atomic E-state index is -0.283. The Balaban J connectivity index is 1.74. The normalized spacial score (nSPS) is 10.7. The topological polar surface area (TPSA) is 61.9 Å². The molecule has 6 nitrogen and oxygen atoms in total. The molecule has 35 heavy (non-hydrogen) atoms. The predicted octanol–water partition coefficient (Wildman–Crippen LogP) is 5.85. The van der Waals surface area contributed by atoms with Crippen LogP contribution in [0.25, 0.3) is 0 Å². The van der Waals surface area contributed by atoms with E-state index in [1.807, 2.05) is 91.7 Å². The molecule has 186 valence electrons. The molecule has 2 aromatic carbocycles. The van der Waals surface area contributed by atoms with Gasteiger partial charge in [-0.15, -0.1) is 11.3 Å². The van der Waals surface area contributed by atoms with Gasteiger partial charge < -0.3 is 19.9 Å². The van der Waals surface area contributed by atoms with Crippen LogP contribution in [0.4, 0.5) is 10.5 Å². The molecule has 7 heteroatoms. The second kappa shape index (κ2) is 13.7. The molecule has 3 aromatic rings. The van der Waals surface area contributed by atoms with E-state index in [0.29, 0.717) is 39.3 Å². The maximum Gasteiger partial charge on any atom is 0.322 e. The number of aryl methyl sites for hydroxylation is 2. The fourth-order valence-corrected chi connectivity index (χ4v) is 4.39. The summed E-state index contributed by atoms with van der Waals surface area (Å²) in [6.45, 7) is 8.59. The summed E-state index contributed by atoms with van der Waals surface area (Å²) in [4.78, 5) is 31.2. The molecular formula is C28H35N3O3S. The van der Waals surface area contributed by atoms with Gasteiger partial charge in [-0.25, -0.2) is 4.79 Å². The lowest BCUT2D eigenvalue weighted by Gasteiger charge is -2.28. The molecule has 0 radical (unpaired) electrons. The third kappa shape index (κ3) is 8.53. The lowest BCUT2D eigenvalue weighted by atomic mass is 10.1. The Labute approximate surface area is 212 Å². The monoisotopic (exact) mass is 493 g/mol. The Kier molecular flexibility index (Phi) is 10.3. The molecular weight excluding hydrogens is 458 g/mol. The second-order valence-electron chi connectivity index (χ2n) is 8.52. The van der Waals surface area contributed by atoms with Crippen molar-refractivity contribution in [2.45, 2.75) is 40.3 Å². The van der Waals surface area contributed by atoms with E-state index in [2.05, 4.69) is 5.32 Å². The van der Waals surface area contributed by atoms with Gasteiger partial charge in [0.25, 0.3) is 0 Å². The van der Waals surface area contributed by atoms with Crippen LogP contribution in [0.5, 0.6) is 0 Å². The zero-order chi connectivity index (χ0) is 25.0. The summed E-state index contributed by atoms with van der Waals surface area (Å²) in [5, 5.41) is 4.98. The number of hydrogen-bond donors (Lipinski definition) is 1. The van der Waals surface area contributed by atoms with Crippen molar-refractivity contribution in [3.8, 4) is 0 Å². The smallest absolute Gasteiger partial charge is 0.322 e. The Morgan fingerprint density at radius 2 is 1.74 bits per heavy atom. The highest BCUT2D eigenvalue weighted by Crippen LogP contribution is 2.17.